The minimum Gasteiger partial charge on any atom is -0.389 e. The second-order valence-corrected chi connectivity index (χ2v) is 5.84. The van der Waals surface area contributed by atoms with Crippen molar-refractivity contribution in [3.05, 3.63) is 45.4 Å². The third-order valence-corrected chi connectivity index (χ3v) is 3.76. The number of aryl methyl sites for hydroxylation is 2. The van der Waals surface area contributed by atoms with Gasteiger partial charge in [-0.3, -0.25) is 0 Å². The third-order valence-electron chi connectivity index (χ3n) is 2.62. The van der Waals surface area contributed by atoms with Crippen LogP contribution in [0.2, 0.25) is 0 Å². The van der Waals surface area contributed by atoms with E-state index in [-0.39, 0.29) is 0 Å². The first-order valence-electron chi connectivity index (χ1n) is 5.62. The molecule has 1 aromatic heterocycles. The van der Waals surface area contributed by atoms with Crippen LogP contribution >= 0.6 is 23.6 Å². The lowest BCUT2D eigenvalue weighted by Gasteiger charge is -2.13. The Labute approximate surface area is 116 Å². The van der Waals surface area contributed by atoms with Gasteiger partial charge in [-0.1, -0.05) is 24.4 Å². The van der Waals surface area contributed by atoms with Gasteiger partial charge in [0.25, 0.3) is 0 Å². The maximum Gasteiger partial charge on any atom is 0.112 e. The molecule has 2 rings (SSSR count). The molecule has 3 nitrogen and oxygen atoms in total. The molecule has 0 aliphatic carbocycles. The topological polar surface area (TPSA) is 50.9 Å². The number of thiazole rings is 1. The predicted octanol–water partition coefficient (Wildman–Crippen LogP) is 3.01. The summed E-state index contributed by atoms with van der Waals surface area (Å²) in [5.74, 6) is 0. The van der Waals surface area contributed by atoms with Crippen LogP contribution in [-0.2, 0) is 6.54 Å². The number of benzene rings is 1. The molecule has 0 saturated heterocycles. The lowest BCUT2D eigenvalue weighted by atomic mass is 10.1. The second kappa shape index (κ2) is 5.46. The van der Waals surface area contributed by atoms with Gasteiger partial charge in [0.1, 0.15) is 10.00 Å². The van der Waals surface area contributed by atoms with Gasteiger partial charge in [0.2, 0.25) is 0 Å². The summed E-state index contributed by atoms with van der Waals surface area (Å²) in [6.07, 6.45) is 1.88. The minimum atomic E-state index is 0.413. The third kappa shape index (κ3) is 2.86. The van der Waals surface area contributed by atoms with E-state index >= 15 is 0 Å². The molecule has 3 N–H and O–H groups in total. The summed E-state index contributed by atoms with van der Waals surface area (Å²) in [7, 11) is 0. The molecular formula is C13H15N3S2. The molecule has 0 amide bonds. The van der Waals surface area contributed by atoms with Crippen LogP contribution in [0.25, 0.3) is 0 Å². The number of para-hydroxylation sites is 1. The van der Waals surface area contributed by atoms with Crippen molar-refractivity contribution in [3.8, 4) is 0 Å². The van der Waals surface area contributed by atoms with Crippen LogP contribution in [0.3, 0.4) is 0 Å². The number of nitrogens with zero attached hydrogens (tertiary/aromatic N) is 1. The van der Waals surface area contributed by atoms with Crippen LogP contribution < -0.4 is 11.1 Å². The van der Waals surface area contributed by atoms with Crippen LogP contribution in [0, 0.1) is 13.8 Å². The van der Waals surface area contributed by atoms with Crippen molar-refractivity contribution < 1.29 is 0 Å². The zero-order valence-electron chi connectivity index (χ0n) is 10.4. The summed E-state index contributed by atoms with van der Waals surface area (Å²) in [6.45, 7) is 4.78. The molecule has 0 bridgehead atoms. The maximum atomic E-state index is 5.73. The number of thiocarbonyl (C=S) groups is 1. The van der Waals surface area contributed by atoms with E-state index in [1.165, 1.54) is 4.88 Å². The molecule has 18 heavy (non-hydrogen) atoms. The van der Waals surface area contributed by atoms with Crippen LogP contribution in [0.5, 0.6) is 0 Å². The van der Waals surface area contributed by atoms with E-state index in [4.69, 9.17) is 18.0 Å². The number of aromatic nitrogens is 1. The van der Waals surface area contributed by atoms with Gasteiger partial charge in [-0.15, -0.1) is 11.3 Å². The van der Waals surface area contributed by atoms with Crippen LogP contribution in [-0.4, -0.2) is 9.97 Å². The zero-order valence-corrected chi connectivity index (χ0v) is 12.0. The zero-order chi connectivity index (χ0) is 13.1. The Morgan fingerprint density at radius 2 is 2.22 bits per heavy atom. The fraction of sp³-hybridized carbons (Fsp3) is 0.231. The summed E-state index contributed by atoms with van der Waals surface area (Å²) < 4.78 is 0. The first-order chi connectivity index (χ1) is 8.58. The Kier molecular flexibility index (Phi) is 3.93. The molecular weight excluding hydrogens is 262 g/mol. The van der Waals surface area contributed by atoms with Crippen molar-refractivity contribution in [2.24, 2.45) is 5.73 Å². The van der Waals surface area contributed by atoms with E-state index in [1.807, 2.05) is 31.3 Å². The Bertz CT molecular complexity index is 575. The maximum absolute atomic E-state index is 5.73. The van der Waals surface area contributed by atoms with Crippen molar-refractivity contribution >= 4 is 34.2 Å². The molecule has 0 atom stereocenters. The van der Waals surface area contributed by atoms with E-state index < -0.39 is 0 Å². The van der Waals surface area contributed by atoms with Crippen molar-refractivity contribution in [2.45, 2.75) is 20.4 Å². The van der Waals surface area contributed by atoms with E-state index in [9.17, 15) is 0 Å². The molecule has 0 radical (unpaired) electrons. The molecule has 0 aliphatic rings. The average Bonchev–Trinajstić information content (AvgIpc) is 2.73. The lowest BCUT2D eigenvalue weighted by molar-refractivity contribution is 1.09. The Morgan fingerprint density at radius 1 is 1.44 bits per heavy atom. The van der Waals surface area contributed by atoms with E-state index in [0.717, 1.165) is 21.8 Å². The van der Waals surface area contributed by atoms with Crippen molar-refractivity contribution in [1.82, 2.24) is 4.98 Å². The Balaban J connectivity index is 2.20. The van der Waals surface area contributed by atoms with Gasteiger partial charge < -0.3 is 11.1 Å². The van der Waals surface area contributed by atoms with Gasteiger partial charge in [0.05, 0.1) is 6.54 Å². The van der Waals surface area contributed by atoms with Gasteiger partial charge in [0.15, 0.2) is 0 Å². The molecule has 94 valence electrons. The molecule has 1 aromatic carbocycles. The molecule has 1 heterocycles. The monoisotopic (exact) mass is 277 g/mol. The normalized spacial score (nSPS) is 10.3. The number of nitrogens with two attached hydrogens (primary N) is 1. The second-order valence-electron chi connectivity index (χ2n) is 4.08. The van der Waals surface area contributed by atoms with Crippen molar-refractivity contribution in [3.63, 3.8) is 0 Å². The van der Waals surface area contributed by atoms with Crippen LogP contribution in [0.1, 0.15) is 21.0 Å². The summed E-state index contributed by atoms with van der Waals surface area (Å²) in [5.41, 5.74) is 8.75. The fourth-order valence-electron chi connectivity index (χ4n) is 1.75. The summed E-state index contributed by atoms with van der Waals surface area (Å²) in [4.78, 5) is 5.95. The Hall–Kier alpha value is -1.46. The first-order valence-corrected chi connectivity index (χ1v) is 6.85. The Morgan fingerprint density at radius 3 is 2.83 bits per heavy atom. The fourth-order valence-corrected chi connectivity index (χ4v) is 2.65. The van der Waals surface area contributed by atoms with E-state index in [0.29, 0.717) is 11.5 Å². The highest BCUT2D eigenvalue weighted by atomic mass is 32.1. The minimum absolute atomic E-state index is 0.413. The number of rotatable bonds is 4. The van der Waals surface area contributed by atoms with Gasteiger partial charge in [-0.05, 0) is 25.5 Å². The number of nitrogens with one attached hydrogen (secondary N) is 1. The molecule has 0 unspecified atom stereocenters. The molecule has 0 saturated carbocycles. The van der Waals surface area contributed by atoms with Crippen LogP contribution in [0.4, 0.5) is 5.69 Å². The average molecular weight is 277 g/mol. The highest BCUT2D eigenvalue weighted by Crippen LogP contribution is 2.22. The highest BCUT2D eigenvalue weighted by Gasteiger charge is 2.08. The number of hydrogen-bond donors (Lipinski definition) is 2. The van der Waals surface area contributed by atoms with E-state index in [1.54, 1.807) is 11.3 Å². The number of hydrogen-bond acceptors (Lipinski definition) is 4. The predicted molar refractivity (Wildman–Crippen MR) is 81.2 cm³/mol. The first kappa shape index (κ1) is 13.0. The molecule has 0 fully saturated rings. The lowest BCUT2D eigenvalue weighted by Crippen LogP contribution is -2.14. The van der Waals surface area contributed by atoms with Gasteiger partial charge in [-0.2, -0.15) is 0 Å². The molecule has 0 spiro atoms. The summed E-state index contributed by atoms with van der Waals surface area (Å²) >= 11 is 6.76. The van der Waals surface area contributed by atoms with E-state index in [2.05, 4.69) is 17.2 Å². The SMILES string of the molecule is Cc1cnc(CNc2c(C)cccc2C(N)=S)s1. The van der Waals surface area contributed by atoms with Crippen LogP contribution in [0.15, 0.2) is 24.4 Å². The van der Waals surface area contributed by atoms with Gasteiger partial charge in [-0.25, -0.2) is 4.98 Å². The number of anilines is 1. The van der Waals surface area contributed by atoms with Crippen molar-refractivity contribution in [2.75, 3.05) is 5.32 Å². The summed E-state index contributed by atoms with van der Waals surface area (Å²) in [5, 5.41) is 4.43. The largest absolute Gasteiger partial charge is 0.389 e. The molecule has 2 aromatic rings. The quantitative estimate of drug-likeness (QED) is 0.844. The standard InChI is InChI=1S/C13H15N3S2/c1-8-4-3-5-10(13(14)17)12(8)16-7-11-15-6-9(2)18-11/h3-6,16H,7H2,1-2H3,(H2,14,17). The molecule has 0 aliphatic heterocycles. The van der Waals surface area contributed by atoms with Gasteiger partial charge in [0, 0.05) is 22.3 Å². The highest BCUT2D eigenvalue weighted by molar-refractivity contribution is 7.80. The molecule has 5 heteroatoms. The van der Waals surface area contributed by atoms with Crippen molar-refractivity contribution in [1.29, 1.82) is 0 Å². The smallest absolute Gasteiger partial charge is 0.112 e. The van der Waals surface area contributed by atoms with Gasteiger partial charge >= 0.3 is 0 Å². The summed E-state index contributed by atoms with van der Waals surface area (Å²) in [6, 6.07) is 5.94.